The van der Waals surface area contributed by atoms with Crippen LogP contribution in [0.25, 0.3) is 11.2 Å². The molecular weight excluding hydrogens is 316 g/mol. The number of carbonyl (C=O) groups is 1. The van der Waals surface area contributed by atoms with Gasteiger partial charge in [-0.1, -0.05) is 18.2 Å². The van der Waals surface area contributed by atoms with Crippen molar-refractivity contribution in [1.82, 2.24) is 24.4 Å². The second-order valence-corrected chi connectivity index (χ2v) is 6.05. The van der Waals surface area contributed by atoms with E-state index in [2.05, 4.69) is 26.8 Å². The number of hydrogen-bond acceptors (Lipinski definition) is 5. The summed E-state index contributed by atoms with van der Waals surface area (Å²) in [4.78, 5) is 29.9. The molecule has 3 aromatic rings. The monoisotopic (exact) mass is 336 g/mol. The van der Waals surface area contributed by atoms with Crippen molar-refractivity contribution in [3.05, 3.63) is 48.5 Å². The van der Waals surface area contributed by atoms with E-state index in [1.165, 1.54) is 0 Å². The fourth-order valence-corrected chi connectivity index (χ4v) is 3.22. The fourth-order valence-electron chi connectivity index (χ4n) is 3.22. The molecule has 0 unspecified atom stereocenters. The number of aryl methyl sites for hydroxylation is 1. The summed E-state index contributed by atoms with van der Waals surface area (Å²) in [6.07, 6.45) is 3.39. The minimum atomic E-state index is 0.0864. The molecule has 0 aliphatic carbocycles. The maximum atomic E-state index is 12.6. The molecule has 1 fully saturated rings. The zero-order chi connectivity index (χ0) is 17.2. The lowest BCUT2D eigenvalue weighted by Gasteiger charge is -2.35. The molecule has 1 saturated heterocycles. The molecule has 0 saturated carbocycles. The summed E-state index contributed by atoms with van der Waals surface area (Å²) >= 11 is 0. The number of aromatic nitrogens is 4. The fraction of sp³-hybridized carbons (Fsp3) is 0.333. The SMILES string of the molecule is CCn1cnc2c(N3CCN(C(=O)c4ccccc4)CC3)ncnc21. The Morgan fingerprint density at radius 1 is 1.04 bits per heavy atom. The number of benzene rings is 1. The molecule has 0 bridgehead atoms. The topological polar surface area (TPSA) is 67.2 Å². The molecule has 1 aliphatic rings. The van der Waals surface area contributed by atoms with Crippen LogP contribution in [-0.2, 0) is 6.54 Å². The summed E-state index contributed by atoms with van der Waals surface area (Å²) in [6.45, 7) is 5.72. The first-order chi connectivity index (χ1) is 12.3. The van der Waals surface area contributed by atoms with Gasteiger partial charge in [-0.2, -0.15) is 0 Å². The van der Waals surface area contributed by atoms with Crippen molar-refractivity contribution in [2.45, 2.75) is 13.5 Å². The molecular formula is C18H20N6O. The Labute approximate surface area is 145 Å². The van der Waals surface area contributed by atoms with Gasteiger partial charge in [-0.25, -0.2) is 15.0 Å². The largest absolute Gasteiger partial charge is 0.351 e. The molecule has 25 heavy (non-hydrogen) atoms. The summed E-state index contributed by atoms with van der Waals surface area (Å²) in [7, 11) is 0. The lowest BCUT2D eigenvalue weighted by molar-refractivity contribution is 0.0746. The zero-order valence-electron chi connectivity index (χ0n) is 14.2. The lowest BCUT2D eigenvalue weighted by Crippen LogP contribution is -2.49. The molecule has 3 heterocycles. The Morgan fingerprint density at radius 2 is 1.80 bits per heavy atom. The first kappa shape index (κ1) is 15.6. The van der Waals surface area contributed by atoms with Crippen molar-refractivity contribution in [2.24, 2.45) is 0 Å². The second-order valence-electron chi connectivity index (χ2n) is 6.05. The average molecular weight is 336 g/mol. The van der Waals surface area contributed by atoms with Gasteiger partial charge >= 0.3 is 0 Å². The predicted octanol–water partition coefficient (Wildman–Crippen LogP) is 1.81. The summed E-state index contributed by atoms with van der Waals surface area (Å²) < 4.78 is 2.01. The van der Waals surface area contributed by atoms with Crippen molar-refractivity contribution in [3.8, 4) is 0 Å². The summed E-state index contributed by atoms with van der Waals surface area (Å²) in [5.74, 6) is 0.937. The van der Waals surface area contributed by atoms with Crippen molar-refractivity contribution in [3.63, 3.8) is 0 Å². The van der Waals surface area contributed by atoms with E-state index in [9.17, 15) is 4.79 Å². The number of rotatable bonds is 3. The van der Waals surface area contributed by atoms with E-state index < -0.39 is 0 Å². The molecule has 0 atom stereocenters. The number of anilines is 1. The first-order valence-electron chi connectivity index (χ1n) is 8.53. The zero-order valence-corrected chi connectivity index (χ0v) is 14.2. The highest BCUT2D eigenvalue weighted by molar-refractivity contribution is 5.94. The number of imidazole rings is 1. The average Bonchev–Trinajstić information content (AvgIpc) is 3.11. The van der Waals surface area contributed by atoms with Crippen LogP contribution in [-0.4, -0.2) is 56.5 Å². The van der Waals surface area contributed by atoms with Crippen molar-refractivity contribution >= 4 is 22.9 Å². The molecule has 0 N–H and O–H groups in total. The molecule has 0 radical (unpaired) electrons. The summed E-state index contributed by atoms with van der Waals surface area (Å²) in [5, 5.41) is 0. The van der Waals surface area contributed by atoms with Gasteiger partial charge in [-0.05, 0) is 19.1 Å². The molecule has 1 aliphatic heterocycles. The van der Waals surface area contributed by atoms with Gasteiger partial charge in [-0.3, -0.25) is 4.79 Å². The molecule has 7 heteroatoms. The van der Waals surface area contributed by atoms with Gasteiger partial charge in [0, 0.05) is 38.3 Å². The highest BCUT2D eigenvalue weighted by Gasteiger charge is 2.24. The molecule has 4 rings (SSSR count). The van der Waals surface area contributed by atoms with E-state index >= 15 is 0 Å². The lowest BCUT2D eigenvalue weighted by atomic mass is 10.2. The van der Waals surface area contributed by atoms with Gasteiger partial charge in [0.25, 0.3) is 5.91 Å². The van der Waals surface area contributed by atoms with Crippen molar-refractivity contribution in [1.29, 1.82) is 0 Å². The van der Waals surface area contributed by atoms with E-state index in [1.807, 2.05) is 39.8 Å². The third-order valence-corrected chi connectivity index (χ3v) is 4.61. The van der Waals surface area contributed by atoms with E-state index in [1.54, 1.807) is 12.7 Å². The van der Waals surface area contributed by atoms with E-state index in [-0.39, 0.29) is 5.91 Å². The van der Waals surface area contributed by atoms with Crippen LogP contribution in [0.2, 0.25) is 0 Å². The summed E-state index contributed by atoms with van der Waals surface area (Å²) in [6, 6.07) is 9.43. The number of hydrogen-bond donors (Lipinski definition) is 0. The third-order valence-electron chi connectivity index (χ3n) is 4.61. The van der Waals surface area contributed by atoms with Crippen LogP contribution in [0.1, 0.15) is 17.3 Å². The van der Waals surface area contributed by atoms with Gasteiger partial charge < -0.3 is 14.4 Å². The smallest absolute Gasteiger partial charge is 0.253 e. The van der Waals surface area contributed by atoms with Crippen LogP contribution in [0.3, 0.4) is 0 Å². The number of fused-ring (bicyclic) bond motifs is 1. The van der Waals surface area contributed by atoms with Crippen molar-refractivity contribution < 1.29 is 4.79 Å². The minimum absolute atomic E-state index is 0.0864. The van der Waals surface area contributed by atoms with Gasteiger partial charge in [0.2, 0.25) is 0 Å². The maximum absolute atomic E-state index is 12.6. The Hall–Kier alpha value is -2.96. The Kier molecular flexibility index (Phi) is 4.05. The van der Waals surface area contributed by atoms with Crippen LogP contribution in [0.15, 0.2) is 43.0 Å². The quantitative estimate of drug-likeness (QED) is 0.730. The molecule has 0 spiro atoms. The van der Waals surface area contributed by atoms with Crippen molar-refractivity contribution in [2.75, 3.05) is 31.1 Å². The minimum Gasteiger partial charge on any atom is -0.351 e. The number of carbonyl (C=O) groups excluding carboxylic acids is 1. The number of piperazine rings is 1. The van der Waals surface area contributed by atoms with Crippen LogP contribution in [0, 0.1) is 0 Å². The molecule has 2 aromatic heterocycles. The normalized spacial score (nSPS) is 14.9. The molecule has 7 nitrogen and oxygen atoms in total. The molecule has 1 aromatic carbocycles. The van der Waals surface area contributed by atoms with Gasteiger partial charge in [0.05, 0.1) is 6.33 Å². The first-order valence-corrected chi connectivity index (χ1v) is 8.53. The van der Waals surface area contributed by atoms with Gasteiger partial charge in [0.15, 0.2) is 17.0 Å². The standard InChI is InChI=1S/C18H20N6O/c1-2-22-13-21-15-16(22)19-12-20-17(15)23-8-10-24(11-9-23)18(25)14-6-4-3-5-7-14/h3-7,12-13H,2,8-11H2,1H3. The number of nitrogens with zero attached hydrogens (tertiary/aromatic N) is 6. The predicted molar refractivity (Wildman–Crippen MR) is 95.6 cm³/mol. The Balaban J connectivity index is 1.51. The maximum Gasteiger partial charge on any atom is 0.253 e. The van der Waals surface area contributed by atoms with Gasteiger partial charge in [-0.15, -0.1) is 0 Å². The highest BCUT2D eigenvalue weighted by atomic mass is 16.2. The van der Waals surface area contributed by atoms with Crippen LogP contribution >= 0.6 is 0 Å². The molecule has 128 valence electrons. The summed E-state index contributed by atoms with van der Waals surface area (Å²) in [5.41, 5.74) is 2.42. The van der Waals surface area contributed by atoms with Gasteiger partial charge in [0.1, 0.15) is 6.33 Å². The third kappa shape index (κ3) is 2.82. The van der Waals surface area contributed by atoms with E-state index in [4.69, 9.17) is 0 Å². The second kappa shape index (κ2) is 6.51. The van der Waals surface area contributed by atoms with Crippen LogP contribution in [0.5, 0.6) is 0 Å². The Morgan fingerprint density at radius 3 is 2.52 bits per heavy atom. The molecule has 1 amide bonds. The Bertz CT molecular complexity index is 883. The highest BCUT2D eigenvalue weighted by Crippen LogP contribution is 2.23. The van der Waals surface area contributed by atoms with E-state index in [0.29, 0.717) is 13.1 Å². The number of amides is 1. The van der Waals surface area contributed by atoms with Crippen LogP contribution in [0.4, 0.5) is 5.82 Å². The van der Waals surface area contributed by atoms with Crippen LogP contribution < -0.4 is 4.90 Å². The van der Waals surface area contributed by atoms with E-state index in [0.717, 1.165) is 42.2 Å².